The molecule has 6 heteroatoms. The molecule has 0 atom stereocenters. The van der Waals surface area contributed by atoms with Gasteiger partial charge < -0.3 is 5.32 Å². The number of fused-ring (bicyclic) bond motifs is 1. The monoisotopic (exact) mass is 314 g/mol. The molecule has 0 aromatic carbocycles. The van der Waals surface area contributed by atoms with Crippen LogP contribution in [-0.4, -0.2) is 20.6 Å². The van der Waals surface area contributed by atoms with Gasteiger partial charge in [-0.3, -0.25) is 0 Å². The number of halogens is 2. The second-order valence-corrected chi connectivity index (χ2v) is 5.52. The Morgan fingerprint density at radius 1 is 1.41 bits per heavy atom. The summed E-state index contributed by atoms with van der Waals surface area (Å²) < 4.78 is 2.52. The maximum absolute atomic E-state index is 6.02. The van der Waals surface area contributed by atoms with Crippen LogP contribution in [0.2, 0.25) is 5.15 Å². The molecule has 4 nitrogen and oxygen atoms in total. The molecule has 1 saturated carbocycles. The first-order chi connectivity index (χ1) is 8.24. The summed E-state index contributed by atoms with van der Waals surface area (Å²) in [7, 11) is 0. The van der Waals surface area contributed by atoms with Gasteiger partial charge in [0.1, 0.15) is 4.60 Å². The van der Waals surface area contributed by atoms with Crippen molar-refractivity contribution < 1.29 is 0 Å². The molecule has 0 aliphatic heterocycles. The van der Waals surface area contributed by atoms with Crippen molar-refractivity contribution in [3.05, 3.63) is 22.0 Å². The summed E-state index contributed by atoms with van der Waals surface area (Å²) in [6.45, 7) is 0. The molecule has 1 N–H and O–H groups in total. The van der Waals surface area contributed by atoms with Gasteiger partial charge in [0, 0.05) is 12.1 Å². The van der Waals surface area contributed by atoms with Crippen molar-refractivity contribution in [2.24, 2.45) is 0 Å². The average molecular weight is 316 g/mol. The summed E-state index contributed by atoms with van der Waals surface area (Å²) in [6, 6.07) is 2.38. The van der Waals surface area contributed by atoms with Gasteiger partial charge in [0.2, 0.25) is 0 Å². The zero-order valence-corrected chi connectivity index (χ0v) is 11.5. The Morgan fingerprint density at radius 3 is 2.94 bits per heavy atom. The van der Waals surface area contributed by atoms with Crippen LogP contribution in [0, 0.1) is 0 Å². The van der Waals surface area contributed by atoms with E-state index in [1.54, 1.807) is 10.7 Å². The minimum absolute atomic E-state index is 0.469. The Labute approximate surface area is 112 Å². The highest BCUT2D eigenvalue weighted by molar-refractivity contribution is 9.10. The lowest BCUT2D eigenvalue weighted by Gasteiger charge is -2.14. The molecule has 0 bridgehead atoms. The van der Waals surface area contributed by atoms with Crippen LogP contribution in [0.4, 0.5) is 5.69 Å². The zero-order chi connectivity index (χ0) is 11.8. The molecule has 3 rings (SSSR count). The number of aromatic nitrogens is 3. The lowest BCUT2D eigenvalue weighted by molar-refractivity contribution is 0.754. The standard InChI is InChI=1S/C11H12BrClN4/c12-9-6-14-11-8(5-10(13)16-17(9)11)15-7-3-1-2-4-7/h5-7,15H,1-4H2. The molecule has 17 heavy (non-hydrogen) atoms. The lowest BCUT2D eigenvalue weighted by atomic mass is 10.2. The molecule has 0 unspecified atom stereocenters. The number of hydrogen-bond donors (Lipinski definition) is 1. The van der Waals surface area contributed by atoms with Crippen LogP contribution in [0.5, 0.6) is 0 Å². The van der Waals surface area contributed by atoms with Crippen molar-refractivity contribution >= 4 is 38.9 Å². The van der Waals surface area contributed by atoms with Crippen molar-refractivity contribution in [3.63, 3.8) is 0 Å². The molecule has 2 heterocycles. The highest BCUT2D eigenvalue weighted by atomic mass is 79.9. The van der Waals surface area contributed by atoms with E-state index < -0.39 is 0 Å². The van der Waals surface area contributed by atoms with E-state index in [1.807, 2.05) is 6.07 Å². The Morgan fingerprint density at radius 2 is 2.18 bits per heavy atom. The third-order valence-corrected chi connectivity index (χ3v) is 3.84. The SMILES string of the molecule is Clc1cc(NC2CCCC2)c2ncc(Br)n2n1. The van der Waals surface area contributed by atoms with Gasteiger partial charge in [-0.05, 0) is 28.8 Å². The Balaban J connectivity index is 2.02. The van der Waals surface area contributed by atoms with Crippen LogP contribution in [-0.2, 0) is 0 Å². The lowest BCUT2D eigenvalue weighted by Crippen LogP contribution is -2.15. The van der Waals surface area contributed by atoms with Crippen molar-refractivity contribution in [2.45, 2.75) is 31.7 Å². The topological polar surface area (TPSA) is 42.2 Å². The van der Waals surface area contributed by atoms with Gasteiger partial charge in [0.05, 0.1) is 11.9 Å². The van der Waals surface area contributed by atoms with Gasteiger partial charge in [-0.25, -0.2) is 9.50 Å². The van der Waals surface area contributed by atoms with Crippen molar-refractivity contribution in [3.8, 4) is 0 Å². The smallest absolute Gasteiger partial charge is 0.178 e. The second kappa shape index (κ2) is 4.46. The summed E-state index contributed by atoms with van der Waals surface area (Å²) in [6.07, 6.45) is 6.76. The van der Waals surface area contributed by atoms with Crippen LogP contribution in [0.15, 0.2) is 16.9 Å². The van der Waals surface area contributed by atoms with Gasteiger partial charge in [0.25, 0.3) is 0 Å². The predicted octanol–water partition coefficient (Wildman–Crippen LogP) is 3.50. The van der Waals surface area contributed by atoms with Crippen molar-refractivity contribution in [1.82, 2.24) is 14.6 Å². The van der Waals surface area contributed by atoms with E-state index in [9.17, 15) is 0 Å². The zero-order valence-electron chi connectivity index (χ0n) is 9.16. The largest absolute Gasteiger partial charge is 0.379 e. The van der Waals surface area contributed by atoms with Crippen LogP contribution < -0.4 is 5.32 Å². The normalized spacial score (nSPS) is 16.8. The summed E-state index contributed by atoms with van der Waals surface area (Å²) in [4.78, 5) is 4.33. The molecular weight excluding hydrogens is 304 g/mol. The van der Waals surface area contributed by atoms with Crippen LogP contribution in [0.3, 0.4) is 0 Å². The molecule has 90 valence electrons. The van der Waals surface area contributed by atoms with Gasteiger partial charge in [-0.1, -0.05) is 24.4 Å². The first-order valence-electron chi connectivity index (χ1n) is 5.70. The van der Waals surface area contributed by atoms with Crippen LogP contribution in [0.1, 0.15) is 25.7 Å². The van der Waals surface area contributed by atoms with Crippen molar-refractivity contribution in [2.75, 3.05) is 5.32 Å². The molecule has 0 spiro atoms. The second-order valence-electron chi connectivity index (χ2n) is 4.32. The fourth-order valence-corrected chi connectivity index (χ4v) is 2.84. The minimum atomic E-state index is 0.469. The van der Waals surface area contributed by atoms with E-state index in [0.717, 1.165) is 15.9 Å². The summed E-state index contributed by atoms with van der Waals surface area (Å²) in [5.74, 6) is 0. The molecule has 1 aliphatic rings. The highest BCUT2D eigenvalue weighted by Gasteiger charge is 2.17. The van der Waals surface area contributed by atoms with E-state index in [0.29, 0.717) is 11.2 Å². The number of hydrogen-bond acceptors (Lipinski definition) is 3. The first-order valence-corrected chi connectivity index (χ1v) is 6.87. The van der Waals surface area contributed by atoms with E-state index >= 15 is 0 Å². The fraction of sp³-hybridized carbons (Fsp3) is 0.455. The van der Waals surface area contributed by atoms with E-state index in [1.165, 1.54) is 25.7 Å². The molecular formula is C11H12BrClN4. The van der Waals surface area contributed by atoms with E-state index in [4.69, 9.17) is 11.6 Å². The molecule has 2 aromatic rings. The minimum Gasteiger partial charge on any atom is -0.379 e. The molecule has 1 fully saturated rings. The Kier molecular flexibility index (Phi) is 2.96. The maximum atomic E-state index is 6.02. The summed E-state index contributed by atoms with van der Waals surface area (Å²) in [5, 5.41) is 8.18. The Bertz CT molecular complexity index is 548. The Hall–Kier alpha value is -0.810. The molecule has 1 aliphatic carbocycles. The van der Waals surface area contributed by atoms with Gasteiger partial charge >= 0.3 is 0 Å². The van der Waals surface area contributed by atoms with E-state index in [2.05, 4.69) is 31.3 Å². The fourth-order valence-electron chi connectivity index (χ4n) is 2.31. The molecule has 0 saturated heterocycles. The summed E-state index contributed by atoms with van der Waals surface area (Å²) in [5.41, 5.74) is 1.77. The predicted molar refractivity (Wildman–Crippen MR) is 71.6 cm³/mol. The molecule has 0 amide bonds. The summed E-state index contributed by atoms with van der Waals surface area (Å²) >= 11 is 9.42. The first kappa shape index (κ1) is 11.3. The number of nitrogens with zero attached hydrogens (tertiary/aromatic N) is 3. The third kappa shape index (κ3) is 2.13. The van der Waals surface area contributed by atoms with E-state index in [-0.39, 0.29) is 0 Å². The maximum Gasteiger partial charge on any atom is 0.178 e. The molecule has 0 radical (unpaired) electrons. The van der Waals surface area contributed by atoms with Crippen molar-refractivity contribution in [1.29, 1.82) is 0 Å². The van der Waals surface area contributed by atoms with Crippen LogP contribution >= 0.6 is 27.5 Å². The van der Waals surface area contributed by atoms with Gasteiger partial charge in [0.15, 0.2) is 10.8 Å². The number of rotatable bonds is 2. The van der Waals surface area contributed by atoms with Gasteiger partial charge in [-0.15, -0.1) is 0 Å². The average Bonchev–Trinajstić information content (AvgIpc) is 2.90. The number of imidazole rings is 1. The number of nitrogens with one attached hydrogen (secondary N) is 1. The third-order valence-electron chi connectivity index (χ3n) is 3.11. The molecule has 2 aromatic heterocycles. The van der Waals surface area contributed by atoms with Crippen LogP contribution in [0.25, 0.3) is 5.65 Å². The highest BCUT2D eigenvalue weighted by Crippen LogP contribution is 2.27. The number of anilines is 1. The quantitative estimate of drug-likeness (QED) is 0.922. The van der Waals surface area contributed by atoms with Gasteiger partial charge in [-0.2, -0.15) is 5.10 Å².